The average molecular weight is 964 g/mol. The molecule has 13 nitrogen and oxygen atoms in total. The average Bonchev–Trinajstić information content (AvgIpc) is 3.26. The molecule has 5 atom stereocenters. The predicted molar refractivity (Wildman–Crippen MR) is 271 cm³/mol. The lowest BCUT2D eigenvalue weighted by atomic mass is 10.1. The van der Waals surface area contributed by atoms with Crippen LogP contribution in [0.1, 0.15) is 117 Å². The number of likely N-dealkylation sites (N-methyl/N-ethyl adjacent to an activating group) is 1. The van der Waals surface area contributed by atoms with Gasteiger partial charge >= 0.3 is 25.7 Å². The highest BCUT2D eigenvalue weighted by Gasteiger charge is 2.28. The molecular weight excluding hydrogens is 880 g/mol. The molecule has 0 amide bonds. The van der Waals surface area contributed by atoms with E-state index in [9.17, 15) is 28.9 Å². The van der Waals surface area contributed by atoms with E-state index in [4.69, 9.17) is 29.4 Å². The van der Waals surface area contributed by atoms with E-state index in [1.54, 1.807) is 12.2 Å². The number of nitrogens with two attached hydrogens (primary N) is 1. The first kappa shape index (κ1) is 62.4. The molecule has 0 saturated carbocycles. The monoisotopic (exact) mass is 964 g/mol. The van der Waals surface area contributed by atoms with Crippen LogP contribution in [-0.4, -0.2) is 114 Å². The molecule has 374 valence electrons. The van der Waals surface area contributed by atoms with Crippen molar-refractivity contribution in [2.24, 2.45) is 5.73 Å². The number of nitrogens with zero attached hydrogens (tertiary/aromatic N) is 1. The summed E-state index contributed by atoms with van der Waals surface area (Å²) >= 11 is 1.22. The van der Waals surface area contributed by atoms with E-state index in [0.717, 1.165) is 44.9 Å². The number of allylic oxidation sites excluding steroid dienone is 17. The van der Waals surface area contributed by atoms with Gasteiger partial charge in [0.1, 0.15) is 25.8 Å². The predicted octanol–water partition coefficient (Wildman–Crippen LogP) is 10.4. The Morgan fingerprint density at radius 2 is 1.29 bits per heavy atom. The molecule has 0 aromatic rings. The Bertz CT molecular complexity index is 1610. The molecule has 0 saturated heterocycles. The van der Waals surface area contributed by atoms with Gasteiger partial charge in [0.2, 0.25) is 0 Å². The maximum absolute atomic E-state index is 13.1. The fourth-order valence-corrected chi connectivity index (χ4v) is 7.36. The molecule has 0 heterocycles. The van der Waals surface area contributed by atoms with E-state index in [2.05, 4.69) is 74.6 Å². The van der Waals surface area contributed by atoms with Crippen molar-refractivity contribution < 1.29 is 57.1 Å². The number of carbonyl (C=O) groups is 3. The summed E-state index contributed by atoms with van der Waals surface area (Å²) in [6.07, 6.45) is 46.2. The van der Waals surface area contributed by atoms with Crippen molar-refractivity contribution in [1.29, 1.82) is 0 Å². The van der Waals surface area contributed by atoms with Gasteiger partial charge in [0, 0.05) is 23.8 Å². The van der Waals surface area contributed by atoms with Gasteiger partial charge in [-0.3, -0.25) is 23.4 Å². The van der Waals surface area contributed by atoms with Gasteiger partial charge in [0.25, 0.3) is 0 Å². The largest absolute Gasteiger partial charge is 0.481 e. The molecule has 5 N–H and O–H groups in total. The number of thioether (sulfide) groups is 1. The highest BCUT2D eigenvalue weighted by atomic mass is 32.2. The second kappa shape index (κ2) is 41.6. The molecule has 0 aromatic heterocycles. The van der Waals surface area contributed by atoms with E-state index in [1.807, 2.05) is 57.6 Å². The fraction of sp³-hybridized carbons (Fsp3) is 0.588. The lowest BCUT2D eigenvalue weighted by molar-refractivity contribution is -0.870. The van der Waals surface area contributed by atoms with Crippen LogP contribution in [0.25, 0.3) is 0 Å². The Balaban J connectivity index is 5.32. The first-order valence-corrected chi connectivity index (χ1v) is 26.1. The highest BCUT2D eigenvalue weighted by molar-refractivity contribution is 8.00. The first-order chi connectivity index (χ1) is 31.6. The third-order valence-corrected chi connectivity index (χ3v) is 11.7. The van der Waals surface area contributed by atoms with Crippen LogP contribution in [0.4, 0.5) is 0 Å². The molecule has 0 aliphatic carbocycles. The number of carbonyl (C=O) groups excluding carboxylic acids is 2. The smallest absolute Gasteiger partial charge is 0.472 e. The zero-order valence-corrected chi connectivity index (χ0v) is 42.2. The summed E-state index contributed by atoms with van der Waals surface area (Å²) in [4.78, 5) is 47.3. The van der Waals surface area contributed by atoms with E-state index in [-0.39, 0.29) is 38.0 Å². The highest BCUT2D eigenvalue weighted by Crippen LogP contribution is 2.43. The molecule has 1 unspecified atom stereocenters. The number of unbranched alkanes of at least 4 members (excludes halogenated alkanes) is 4. The van der Waals surface area contributed by atoms with E-state index < -0.39 is 62.4 Å². The van der Waals surface area contributed by atoms with Crippen molar-refractivity contribution in [3.05, 3.63) is 109 Å². The molecule has 15 heteroatoms. The topological polar surface area (TPSA) is 192 Å². The molecule has 0 aliphatic rings. The summed E-state index contributed by atoms with van der Waals surface area (Å²) in [5.41, 5.74) is 6.20. The molecule has 0 aliphatic heterocycles. The molecule has 0 aromatic carbocycles. The third-order valence-electron chi connectivity index (χ3n) is 9.28. The number of hydrogen-bond donors (Lipinski definition) is 4. The Morgan fingerprint density at radius 1 is 0.712 bits per heavy atom. The van der Waals surface area contributed by atoms with Crippen molar-refractivity contribution in [3.63, 3.8) is 0 Å². The Kier molecular flexibility index (Phi) is 39.3. The molecule has 0 rings (SSSR count). The molecule has 66 heavy (non-hydrogen) atoms. The molecule has 0 spiro atoms. The van der Waals surface area contributed by atoms with Gasteiger partial charge in [-0.25, -0.2) is 4.57 Å². The molecule has 0 bridgehead atoms. The molecular formula is C51H84N2O11PS+. The third kappa shape index (κ3) is 41.8. The van der Waals surface area contributed by atoms with Crippen LogP contribution in [0.2, 0.25) is 0 Å². The van der Waals surface area contributed by atoms with Gasteiger partial charge in [0.05, 0.1) is 33.9 Å². The van der Waals surface area contributed by atoms with Gasteiger partial charge in [-0.15, -0.1) is 11.8 Å². The number of quaternary nitrogens is 1. The van der Waals surface area contributed by atoms with Crippen molar-refractivity contribution >= 4 is 37.5 Å². The number of ether oxygens (including phenoxy) is 2. The fourth-order valence-electron chi connectivity index (χ4n) is 5.49. The number of rotatable bonds is 41. The number of aliphatic hydroxyl groups excluding tert-OH is 1. The van der Waals surface area contributed by atoms with Crippen molar-refractivity contribution in [2.45, 2.75) is 140 Å². The Hall–Kier alpha value is -3.59. The van der Waals surface area contributed by atoms with Gasteiger partial charge in [-0.05, 0) is 77.0 Å². The minimum atomic E-state index is -4.54. The Morgan fingerprint density at radius 3 is 1.88 bits per heavy atom. The standard InChI is InChI=1S/C51H83N2O11PS/c1-6-8-10-12-14-16-18-20-21-22-23-24-26-28-30-32-34-39-50(57)64-45(43-63-65(59,60)62-41-40-53(3,4)5)42-61-51(58)46(52)44-66-48(47(54)36-35-38-49(55)56)37-33-31-29-27-25-19-17-15-13-11-9-7-2/h8,10,14-17,20-21,23-25,27-31,33,37,45-48,54H,6-7,9,11-13,18-19,22,26,32,34-36,38-44,52H2,1-5H3,(H-,55,56,59,60)/p+1/b10-8-,16-14-,17-15-,21-20-,24-23-,27-25-,30-28-,31-29+,37-33+/t45-,46+,47+,48-/m1/s1. The number of esters is 2. The number of phosphoric acid groups is 1. The molecule has 0 fully saturated rings. The van der Waals surface area contributed by atoms with Crippen LogP contribution in [-0.2, 0) is 37.5 Å². The minimum absolute atomic E-state index is 0.0424. The van der Waals surface area contributed by atoms with E-state index in [0.29, 0.717) is 23.9 Å². The molecule has 0 radical (unpaired) electrons. The normalized spacial score (nSPS) is 15.8. The number of phosphoric ester groups is 1. The number of carboxylic acids is 1. The first-order valence-electron chi connectivity index (χ1n) is 23.6. The number of aliphatic hydroxyl groups is 1. The quantitative estimate of drug-likeness (QED) is 0.0113. The maximum atomic E-state index is 13.1. The summed E-state index contributed by atoms with van der Waals surface area (Å²) in [5, 5.41) is 19.5. The van der Waals surface area contributed by atoms with Crippen LogP contribution >= 0.6 is 19.6 Å². The summed E-state index contributed by atoms with van der Waals surface area (Å²) < 4.78 is 34.3. The maximum Gasteiger partial charge on any atom is 0.472 e. The van der Waals surface area contributed by atoms with Crippen molar-refractivity contribution in [1.82, 2.24) is 0 Å². The lowest BCUT2D eigenvalue weighted by Crippen LogP contribution is -2.39. The van der Waals surface area contributed by atoms with E-state index >= 15 is 0 Å². The summed E-state index contributed by atoms with van der Waals surface area (Å²) in [5.74, 6) is -2.33. The van der Waals surface area contributed by atoms with Gasteiger partial charge in [0.15, 0.2) is 6.10 Å². The number of carboxylic acid groups (broad SMARTS) is 1. The van der Waals surface area contributed by atoms with Gasteiger partial charge < -0.3 is 34.8 Å². The SMILES string of the molecule is CC/C=C\C/C=C\C/C=C\C/C=C\C/C=C\CCCC(=O)O[C@H](COC(=O)[C@@H](N)CS[C@H](/C=C/C=C/C=C\C/C=C\CCCCC)[C@@H](O)CCCC(=O)O)COP(=O)(O)OCC[N+](C)(C)C. The lowest BCUT2D eigenvalue weighted by Gasteiger charge is -2.24. The summed E-state index contributed by atoms with van der Waals surface area (Å²) in [6.45, 7) is 3.60. The second-order valence-electron chi connectivity index (χ2n) is 16.6. The number of aliphatic carboxylic acids is 1. The minimum Gasteiger partial charge on any atom is -0.481 e. The summed E-state index contributed by atoms with van der Waals surface area (Å²) in [7, 11) is 1.16. The van der Waals surface area contributed by atoms with E-state index in [1.165, 1.54) is 31.0 Å². The van der Waals surface area contributed by atoms with Crippen LogP contribution in [0.3, 0.4) is 0 Å². The van der Waals surface area contributed by atoms with Crippen molar-refractivity contribution in [2.75, 3.05) is 53.3 Å². The van der Waals surface area contributed by atoms with Crippen molar-refractivity contribution in [3.8, 4) is 0 Å². The second-order valence-corrected chi connectivity index (χ2v) is 19.3. The Labute approximate surface area is 401 Å². The van der Waals surface area contributed by atoms with Gasteiger partial charge in [-0.2, -0.15) is 0 Å². The van der Waals surface area contributed by atoms with Gasteiger partial charge in [-0.1, -0.05) is 136 Å². The zero-order valence-electron chi connectivity index (χ0n) is 40.5. The zero-order chi connectivity index (χ0) is 49.2. The van der Waals surface area contributed by atoms with Crippen LogP contribution < -0.4 is 5.73 Å². The number of hydrogen-bond acceptors (Lipinski definition) is 11. The van der Waals surface area contributed by atoms with Crippen LogP contribution in [0.5, 0.6) is 0 Å². The van der Waals surface area contributed by atoms with Crippen LogP contribution in [0.15, 0.2) is 109 Å². The van der Waals surface area contributed by atoms with Crippen LogP contribution in [0, 0.1) is 0 Å². The summed E-state index contributed by atoms with van der Waals surface area (Å²) in [6, 6.07) is -1.14.